The maximum absolute atomic E-state index is 10.9. The number of benzene rings is 1. The molecule has 0 unspecified atom stereocenters. The molecule has 1 N–H and O–H groups in total. The second kappa shape index (κ2) is 5.39. The van der Waals surface area contributed by atoms with Gasteiger partial charge in [0.25, 0.3) is 0 Å². The van der Waals surface area contributed by atoms with Crippen LogP contribution in [0.5, 0.6) is 5.75 Å². The standard InChI is InChI=1S/C12H11N3O5/c1-14-5-4-13-11(14)7-20-10-3-2-8(12(16)17)6-9(10)15(18)19/h2-6H,7H2,1H3,(H,16,17). The van der Waals surface area contributed by atoms with Crippen molar-refractivity contribution in [1.82, 2.24) is 9.55 Å². The third kappa shape index (κ3) is 2.74. The molecule has 2 rings (SSSR count). The number of carbonyl (C=O) groups is 1. The van der Waals surface area contributed by atoms with Crippen LogP contribution >= 0.6 is 0 Å². The van der Waals surface area contributed by atoms with Crippen molar-refractivity contribution in [3.05, 3.63) is 52.1 Å². The zero-order valence-electron chi connectivity index (χ0n) is 10.5. The van der Waals surface area contributed by atoms with Crippen LogP contribution < -0.4 is 4.74 Å². The van der Waals surface area contributed by atoms with E-state index in [9.17, 15) is 14.9 Å². The molecule has 0 saturated carbocycles. The van der Waals surface area contributed by atoms with E-state index >= 15 is 0 Å². The number of hydrogen-bond donors (Lipinski definition) is 1. The molecule has 0 saturated heterocycles. The summed E-state index contributed by atoms with van der Waals surface area (Å²) in [6.45, 7) is 0.0523. The van der Waals surface area contributed by atoms with Crippen LogP contribution in [0, 0.1) is 10.1 Å². The van der Waals surface area contributed by atoms with E-state index in [1.54, 1.807) is 24.0 Å². The molecule has 0 atom stereocenters. The molecule has 0 spiro atoms. The SMILES string of the molecule is Cn1ccnc1COc1ccc(C(=O)O)cc1[N+](=O)[O-]. The van der Waals surface area contributed by atoms with E-state index in [1.807, 2.05) is 0 Å². The second-order valence-electron chi connectivity index (χ2n) is 3.99. The van der Waals surface area contributed by atoms with Crippen LogP contribution in [0.4, 0.5) is 5.69 Å². The molecule has 1 aromatic heterocycles. The lowest BCUT2D eigenvalue weighted by Crippen LogP contribution is -2.05. The molecule has 1 heterocycles. The lowest BCUT2D eigenvalue weighted by molar-refractivity contribution is -0.386. The van der Waals surface area contributed by atoms with E-state index in [4.69, 9.17) is 9.84 Å². The summed E-state index contributed by atoms with van der Waals surface area (Å²) in [4.78, 5) is 25.1. The molecule has 0 aliphatic rings. The first-order chi connectivity index (χ1) is 9.49. The number of nitro benzene ring substituents is 1. The maximum atomic E-state index is 10.9. The number of aromatic nitrogens is 2. The van der Waals surface area contributed by atoms with Crippen LogP contribution in [-0.2, 0) is 13.7 Å². The van der Waals surface area contributed by atoms with Crippen LogP contribution in [0.1, 0.15) is 16.2 Å². The summed E-state index contributed by atoms with van der Waals surface area (Å²) < 4.78 is 7.06. The van der Waals surface area contributed by atoms with Gasteiger partial charge in [0.2, 0.25) is 0 Å². The van der Waals surface area contributed by atoms with Gasteiger partial charge in [-0.15, -0.1) is 0 Å². The molecule has 1 aromatic carbocycles. The van der Waals surface area contributed by atoms with E-state index in [2.05, 4.69) is 4.98 Å². The average Bonchev–Trinajstić information content (AvgIpc) is 2.81. The Bertz CT molecular complexity index is 665. The lowest BCUT2D eigenvalue weighted by atomic mass is 10.2. The number of aromatic carboxylic acids is 1. The number of hydrogen-bond acceptors (Lipinski definition) is 5. The van der Waals surface area contributed by atoms with Crippen molar-refractivity contribution in [2.75, 3.05) is 0 Å². The molecular formula is C12H11N3O5. The molecule has 20 heavy (non-hydrogen) atoms. The molecule has 0 bridgehead atoms. The first kappa shape index (κ1) is 13.5. The summed E-state index contributed by atoms with van der Waals surface area (Å²) >= 11 is 0. The van der Waals surface area contributed by atoms with Gasteiger partial charge in [0.05, 0.1) is 10.5 Å². The Kier molecular flexibility index (Phi) is 3.65. The number of aryl methyl sites for hydroxylation is 1. The van der Waals surface area contributed by atoms with Crippen molar-refractivity contribution >= 4 is 11.7 Å². The van der Waals surface area contributed by atoms with Crippen molar-refractivity contribution < 1.29 is 19.6 Å². The maximum Gasteiger partial charge on any atom is 0.335 e. The van der Waals surface area contributed by atoms with E-state index in [0.29, 0.717) is 5.82 Å². The zero-order valence-corrected chi connectivity index (χ0v) is 10.5. The van der Waals surface area contributed by atoms with Crippen molar-refractivity contribution in [3.63, 3.8) is 0 Å². The van der Waals surface area contributed by atoms with Crippen molar-refractivity contribution in [2.45, 2.75) is 6.61 Å². The van der Waals surface area contributed by atoms with Gasteiger partial charge in [-0.3, -0.25) is 10.1 Å². The van der Waals surface area contributed by atoms with Crippen molar-refractivity contribution in [3.8, 4) is 5.75 Å². The Hall–Kier alpha value is -2.90. The third-order valence-electron chi connectivity index (χ3n) is 2.68. The number of carboxylic acids is 1. The summed E-state index contributed by atoms with van der Waals surface area (Å²) in [6.07, 6.45) is 3.31. The minimum atomic E-state index is -1.23. The summed E-state index contributed by atoms with van der Waals surface area (Å²) in [5.41, 5.74) is -0.555. The van der Waals surface area contributed by atoms with Crippen LogP contribution in [0.25, 0.3) is 0 Å². The quantitative estimate of drug-likeness (QED) is 0.657. The molecular weight excluding hydrogens is 266 g/mol. The van der Waals surface area contributed by atoms with Crippen LogP contribution in [0.15, 0.2) is 30.6 Å². The molecule has 0 radical (unpaired) electrons. The highest BCUT2D eigenvalue weighted by molar-refractivity contribution is 5.88. The van der Waals surface area contributed by atoms with Gasteiger partial charge in [-0.05, 0) is 12.1 Å². The Morgan fingerprint density at radius 3 is 2.85 bits per heavy atom. The number of ether oxygens (including phenoxy) is 1. The Morgan fingerprint density at radius 1 is 1.55 bits per heavy atom. The number of nitrogens with zero attached hydrogens (tertiary/aromatic N) is 3. The first-order valence-electron chi connectivity index (χ1n) is 5.60. The molecule has 0 amide bonds. The fourth-order valence-corrected chi connectivity index (χ4v) is 1.59. The van der Waals surface area contributed by atoms with Gasteiger partial charge < -0.3 is 14.4 Å². The second-order valence-corrected chi connectivity index (χ2v) is 3.99. The average molecular weight is 277 g/mol. The lowest BCUT2D eigenvalue weighted by Gasteiger charge is -2.07. The molecule has 8 heteroatoms. The first-order valence-corrected chi connectivity index (χ1v) is 5.60. The van der Waals surface area contributed by atoms with Crippen LogP contribution in [-0.4, -0.2) is 25.6 Å². The topological polar surface area (TPSA) is 107 Å². The van der Waals surface area contributed by atoms with Crippen LogP contribution in [0.2, 0.25) is 0 Å². The monoisotopic (exact) mass is 277 g/mol. The molecule has 8 nitrogen and oxygen atoms in total. The molecule has 2 aromatic rings. The van der Waals surface area contributed by atoms with Gasteiger partial charge in [0.1, 0.15) is 12.4 Å². The van der Waals surface area contributed by atoms with Gasteiger partial charge in [0.15, 0.2) is 5.75 Å². The van der Waals surface area contributed by atoms with Gasteiger partial charge in [0, 0.05) is 25.5 Å². The number of nitro groups is 1. The summed E-state index contributed by atoms with van der Waals surface area (Å²) in [6, 6.07) is 3.49. The van der Waals surface area contributed by atoms with Crippen molar-refractivity contribution in [2.24, 2.45) is 7.05 Å². The largest absolute Gasteiger partial charge is 0.479 e. The molecule has 104 valence electrons. The molecule has 0 fully saturated rings. The summed E-state index contributed by atoms with van der Waals surface area (Å²) in [5.74, 6) is -0.631. The van der Waals surface area contributed by atoms with Gasteiger partial charge in [-0.1, -0.05) is 0 Å². The van der Waals surface area contributed by atoms with Gasteiger partial charge >= 0.3 is 11.7 Å². The molecule has 0 aliphatic carbocycles. The fraction of sp³-hybridized carbons (Fsp3) is 0.167. The van der Waals surface area contributed by atoms with Gasteiger partial charge in [-0.2, -0.15) is 0 Å². The third-order valence-corrected chi connectivity index (χ3v) is 2.68. The highest BCUT2D eigenvalue weighted by atomic mass is 16.6. The van der Waals surface area contributed by atoms with Gasteiger partial charge in [-0.25, -0.2) is 9.78 Å². The predicted molar refractivity (Wildman–Crippen MR) is 67.6 cm³/mol. The minimum absolute atomic E-state index is 0.00278. The Balaban J connectivity index is 2.25. The number of rotatable bonds is 5. The Morgan fingerprint density at radius 2 is 2.30 bits per heavy atom. The summed E-state index contributed by atoms with van der Waals surface area (Å²) in [5, 5.41) is 19.8. The normalized spacial score (nSPS) is 10.2. The predicted octanol–water partition coefficient (Wildman–Crippen LogP) is 1.61. The van der Waals surface area contributed by atoms with E-state index in [1.165, 1.54) is 12.1 Å². The van der Waals surface area contributed by atoms with E-state index in [0.717, 1.165) is 6.07 Å². The Labute approximate surface area is 113 Å². The zero-order chi connectivity index (χ0) is 14.7. The summed E-state index contributed by atoms with van der Waals surface area (Å²) in [7, 11) is 1.77. The van der Waals surface area contributed by atoms with E-state index in [-0.39, 0.29) is 23.6 Å². The highest BCUT2D eigenvalue weighted by Gasteiger charge is 2.19. The van der Waals surface area contributed by atoms with Crippen LogP contribution in [0.3, 0.4) is 0 Å². The highest BCUT2D eigenvalue weighted by Crippen LogP contribution is 2.28. The minimum Gasteiger partial charge on any atom is -0.479 e. The molecule has 0 aliphatic heterocycles. The van der Waals surface area contributed by atoms with E-state index < -0.39 is 10.9 Å². The number of carboxylic acid groups (broad SMARTS) is 1. The fourth-order valence-electron chi connectivity index (χ4n) is 1.59. The smallest absolute Gasteiger partial charge is 0.335 e. The van der Waals surface area contributed by atoms with Crippen molar-refractivity contribution in [1.29, 1.82) is 0 Å². The number of imidazole rings is 1.